The van der Waals surface area contributed by atoms with Gasteiger partial charge in [-0.2, -0.15) is 13.2 Å². The Labute approximate surface area is 137 Å². The first-order valence-electron chi connectivity index (χ1n) is 7.28. The van der Waals surface area contributed by atoms with E-state index in [9.17, 15) is 13.2 Å². The molecule has 0 aliphatic rings. The lowest BCUT2D eigenvalue weighted by Crippen LogP contribution is -2.28. The van der Waals surface area contributed by atoms with Gasteiger partial charge in [0.15, 0.2) is 11.6 Å². The number of anilines is 4. The summed E-state index contributed by atoms with van der Waals surface area (Å²) in [5.41, 5.74) is 5.16. The number of halogens is 3. The van der Waals surface area contributed by atoms with Crippen molar-refractivity contribution in [2.45, 2.75) is 13.1 Å². The third kappa shape index (κ3) is 3.85. The van der Waals surface area contributed by atoms with Crippen LogP contribution in [-0.2, 0) is 6.18 Å². The smallest absolute Gasteiger partial charge is 0.395 e. The van der Waals surface area contributed by atoms with Crippen molar-refractivity contribution >= 4 is 23.0 Å². The molecular formula is C15H18F3N5O. The van der Waals surface area contributed by atoms with Crippen molar-refractivity contribution in [2.24, 2.45) is 0 Å². The highest BCUT2D eigenvalue weighted by Gasteiger charge is 2.33. The average molecular weight is 341 g/mol. The molecular weight excluding hydrogens is 323 g/mol. The third-order valence-corrected chi connectivity index (χ3v) is 3.40. The maximum Gasteiger partial charge on any atom is 0.418 e. The van der Waals surface area contributed by atoms with Crippen molar-refractivity contribution in [3.8, 4) is 0 Å². The minimum atomic E-state index is -4.50. The maximum atomic E-state index is 13.1. The van der Waals surface area contributed by atoms with Gasteiger partial charge in [0, 0.05) is 13.1 Å². The summed E-state index contributed by atoms with van der Waals surface area (Å²) in [5, 5.41) is 11.7. The molecule has 130 valence electrons. The van der Waals surface area contributed by atoms with Crippen molar-refractivity contribution in [2.75, 3.05) is 35.6 Å². The van der Waals surface area contributed by atoms with Gasteiger partial charge in [0.2, 0.25) is 0 Å². The zero-order valence-electron chi connectivity index (χ0n) is 13.0. The van der Waals surface area contributed by atoms with E-state index < -0.39 is 11.7 Å². The number of para-hydroxylation sites is 1. The van der Waals surface area contributed by atoms with Crippen LogP contribution < -0.4 is 16.0 Å². The number of aromatic nitrogens is 2. The summed E-state index contributed by atoms with van der Waals surface area (Å²) in [7, 11) is 0. The highest BCUT2D eigenvalue weighted by atomic mass is 19.4. The van der Waals surface area contributed by atoms with Gasteiger partial charge in [0.05, 0.1) is 17.9 Å². The predicted molar refractivity (Wildman–Crippen MR) is 86.1 cm³/mol. The molecule has 0 aliphatic carbocycles. The number of nitrogens with one attached hydrogen (secondary N) is 1. The van der Waals surface area contributed by atoms with Gasteiger partial charge >= 0.3 is 6.18 Å². The molecule has 0 fully saturated rings. The van der Waals surface area contributed by atoms with Gasteiger partial charge < -0.3 is 21.1 Å². The van der Waals surface area contributed by atoms with Crippen LogP contribution in [0.2, 0.25) is 0 Å². The van der Waals surface area contributed by atoms with Crippen LogP contribution in [0.15, 0.2) is 30.6 Å². The molecule has 2 aromatic rings. The summed E-state index contributed by atoms with van der Waals surface area (Å²) < 4.78 is 39.2. The SMILES string of the molecule is CCN(CCO)c1ncnc(Nc2ccccc2C(F)(F)F)c1N. The lowest BCUT2D eigenvalue weighted by atomic mass is 10.1. The van der Waals surface area contributed by atoms with Gasteiger partial charge in [-0.05, 0) is 19.1 Å². The number of nitrogens with two attached hydrogens (primary N) is 1. The van der Waals surface area contributed by atoms with Crippen molar-refractivity contribution < 1.29 is 18.3 Å². The van der Waals surface area contributed by atoms with E-state index in [1.165, 1.54) is 24.5 Å². The van der Waals surface area contributed by atoms with E-state index in [4.69, 9.17) is 10.8 Å². The largest absolute Gasteiger partial charge is 0.418 e. The second-order valence-corrected chi connectivity index (χ2v) is 4.93. The Morgan fingerprint density at radius 1 is 1.25 bits per heavy atom. The first-order chi connectivity index (χ1) is 11.4. The van der Waals surface area contributed by atoms with Crippen molar-refractivity contribution in [1.29, 1.82) is 0 Å². The van der Waals surface area contributed by atoms with Crippen molar-refractivity contribution in [3.05, 3.63) is 36.2 Å². The molecule has 1 heterocycles. The molecule has 0 bridgehead atoms. The fourth-order valence-electron chi connectivity index (χ4n) is 2.24. The molecule has 4 N–H and O–H groups in total. The Kier molecular flexibility index (Phi) is 5.45. The zero-order valence-corrected chi connectivity index (χ0v) is 13.0. The molecule has 0 aliphatic heterocycles. The third-order valence-electron chi connectivity index (χ3n) is 3.40. The Hall–Kier alpha value is -2.55. The fraction of sp³-hybridized carbons (Fsp3) is 0.333. The van der Waals surface area contributed by atoms with E-state index in [1.807, 2.05) is 6.92 Å². The number of nitrogens with zero attached hydrogens (tertiary/aromatic N) is 3. The van der Waals surface area contributed by atoms with Crippen LogP contribution in [-0.4, -0.2) is 34.8 Å². The van der Waals surface area contributed by atoms with E-state index in [0.29, 0.717) is 18.9 Å². The van der Waals surface area contributed by atoms with Crippen LogP contribution in [0.5, 0.6) is 0 Å². The Balaban J connectivity index is 2.39. The fourth-order valence-corrected chi connectivity index (χ4v) is 2.24. The summed E-state index contributed by atoms with van der Waals surface area (Å²) in [6.07, 6.45) is -3.29. The standard InChI is InChI=1S/C15H18F3N5O/c1-2-23(7-8-24)14-12(19)13(20-9-21-14)22-11-6-4-3-5-10(11)15(16,17)18/h3-6,9,24H,2,7-8,19H2,1H3,(H,20,21,22). The number of aliphatic hydroxyl groups is 1. The Morgan fingerprint density at radius 3 is 2.58 bits per heavy atom. The molecule has 6 nitrogen and oxygen atoms in total. The van der Waals surface area contributed by atoms with Gasteiger partial charge in [-0.25, -0.2) is 9.97 Å². The molecule has 1 aromatic carbocycles. The number of likely N-dealkylation sites (N-methyl/N-ethyl adjacent to an activating group) is 1. The summed E-state index contributed by atoms with van der Waals surface area (Å²) in [5.74, 6) is 0.432. The van der Waals surface area contributed by atoms with Crippen LogP contribution >= 0.6 is 0 Å². The molecule has 0 saturated carbocycles. The number of hydrogen-bond donors (Lipinski definition) is 3. The van der Waals surface area contributed by atoms with Gasteiger partial charge in [-0.15, -0.1) is 0 Å². The lowest BCUT2D eigenvalue weighted by molar-refractivity contribution is -0.136. The summed E-state index contributed by atoms with van der Waals surface area (Å²) in [6.45, 7) is 2.58. The van der Waals surface area contributed by atoms with E-state index in [-0.39, 0.29) is 23.8 Å². The van der Waals surface area contributed by atoms with Gasteiger partial charge in [0.1, 0.15) is 12.0 Å². The first-order valence-corrected chi connectivity index (χ1v) is 7.28. The minimum Gasteiger partial charge on any atom is -0.395 e. The molecule has 0 saturated heterocycles. The van der Waals surface area contributed by atoms with Crippen LogP contribution in [0.3, 0.4) is 0 Å². The molecule has 2 rings (SSSR count). The number of aliphatic hydroxyl groups excluding tert-OH is 1. The number of alkyl halides is 3. The van der Waals surface area contributed by atoms with Gasteiger partial charge in [-0.3, -0.25) is 0 Å². The predicted octanol–water partition coefficient (Wildman–Crippen LogP) is 2.64. The van der Waals surface area contributed by atoms with Crippen LogP contribution in [0.1, 0.15) is 12.5 Å². The summed E-state index contributed by atoms with van der Waals surface area (Å²) in [6, 6.07) is 5.07. The lowest BCUT2D eigenvalue weighted by Gasteiger charge is -2.23. The molecule has 1 aromatic heterocycles. The highest BCUT2D eigenvalue weighted by Crippen LogP contribution is 2.37. The average Bonchev–Trinajstić information content (AvgIpc) is 2.54. The van der Waals surface area contributed by atoms with E-state index in [0.717, 1.165) is 6.07 Å². The highest BCUT2D eigenvalue weighted by molar-refractivity contribution is 5.79. The molecule has 0 spiro atoms. The van der Waals surface area contributed by atoms with E-state index >= 15 is 0 Å². The van der Waals surface area contributed by atoms with Gasteiger partial charge in [-0.1, -0.05) is 12.1 Å². The number of benzene rings is 1. The Bertz CT molecular complexity index is 693. The van der Waals surface area contributed by atoms with E-state index in [2.05, 4.69) is 15.3 Å². The van der Waals surface area contributed by atoms with Crippen molar-refractivity contribution in [3.63, 3.8) is 0 Å². The second kappa shape index (κ2) is 7.35. The quantitative estimate of drug-likeness (QED) is 0.749. The molecule has 0 amide bonds. The van der Waals surface area contributed by atoms with Crippen LogP contribution in [0.25, 0.3) is 0 Å². The van der Waals surface area contributed by atoms with Gasteiger partial charge in [0.25, 0.3) is 0 Å². The molecule has 0 unspecified atom stereocenters. The molecule has 0 radical (unpaired) electrons. The van der Waals surface area contributed by atoms with Crippen LogP contribution in [0.4, 0.5) is 36.2 Å². The number of rotatable bonds is 6. The second-order valence-electron chi connectivity index (χ2n) is 4.93. The topological polar surface area (TPSA) is 87.3 Å². The van der Waals surface area contributed by atoms with Crippen molar-refractivity contribution in [1.82, 2.24) is 9.97 Å². The maximum absolute atomic E-state index is 13.1. The molecule has 0 atom stereocenters. The molecule has 9 heteroatoms. The minimum absolute atomic E-state index is 0.0769. The van der Waals surface area contributed by atoms with E-state index in [1.54, 1.807) is 4.90 Å². The Morgan fingerprint density at radius 2 is 1.96 bits per heavy atom. The number of nitrogen functional groups attached to an aromatic ring is 1. The summed E-state index contributed by atoms with van der Waals surface area (Å²) >= 11 is 0. The number of hydrogen-bond acceptors (Lipinski definition) is 6. The molecule has 24 heavy (non-hydrogen) atoms. The normalized spacial score (nSPS) is 11.4. The monoisotopic (exact) mass is 341 g/mol. The van der Waals surface area contributed by atoms with Crippen LogP contribution in [0, 0.1) is 0 Å². The first kappa shape index (κ1) is 17.8. The zero-order chi connectivity index (χ0) is 17.7. The summed E-state index contributed by atoms with van der Waals surface area (Å²) in [4.78, 5) is 9.69.